The van der Waals surface area contributed by atoms with Gasteiger partial charge in [0.2, 0.25) is 5.95 Å². The second kappa shape index (κ2) is 6.65. The number of nitrogens with two attached hydrogens (primary N) is 1. The number of nitrogen functional groups attached to an aromatic ring is 1. The zero-order chi connectivity index (χ0) is 13.7. The summed E-state index contributed by atoms with van der Waals surface area (Å²) in [5.74, 6) is 6.74. The topological polar surface area (TPSA) is 90.5 Å². The number of hydrogen-bond donors (Lipinski definition) is 3. The molecule has 0 aromatic carbocycles. The molecule has 0 atom stereocenters. The summed E-state index contributed by atoms with van der Waals surface area (Å²) in [6.45, 7) is 6.71. The first kappa shape index (κ1) is 14.0. The summed E-state index contributed by atoms with van der Waals surface area (Å²) in [5.41, 5.74) is 3.40. The molecule has 2 heterocycles. The monoisotopic (exact) mass is 266 g/mol. The second-order valence-corrected chi connectivity index (χ2v) is 4.74. The van der Waals surface area contributed by atoms with Gasteiger partial charge in [-0.25, -0.2) is 10.8 Å². The van der Waals surface area contributed by atoms with Gasteiger partial charge in [0.05, 0.1) is 6.61 Å². The Balaban J connectivity index is 2.07. The van der Waals surface area contributed by atoms with Crippen molar-refractivity contribution in [2.45, 2.75) is 13.3 Å². The van der Waals surface area contributed by atoms with Gasteiger partial charge in [-0.2, -0.15) is 4.98 Å². The van der Waals surface area contributed by atoms with Gasteiger partial charge in [0.1, 0.15) is 5.82 Å². The van der Waals surface area contributed by atoms with E-state index in [0.29, 0.717) is 5.95 Å². The summed E-state index contributed by atoms with van der Waals surface area (Å²) in [6.07, 6.45) is 1.06. The van der Waals surface area contributed by atoms with E-state index >= 15 is 0 Å². The van der Waals surface area contributed by atoms with E-state index < -0.39 is 0 Å². The van der Waals surface area contributed by atoms with E-state index in [9.17, 15) is 0 Å². The normalized spacial score (nSPS) is 17.3. The zero-order valence-corrected chi connectivity index (χ0v) is 11.3. The van der Waals surface area contributed by atoms with Gasteiger partial charge in [0.25, 0.3) is 0 Å². The van der Waals surface area contributed by atoms with Gasteiger partial charge in [0, 0.05) is 37.9 Å². The fraction of sp³-hybridized carbons (Fsp3) is 0.667. The third kappa shape index (κ3) is 3.76. The Labute approximate surface area is 113 Å². The lowest BCUT2D eigenvalue weighted by molar-refractivity contribution is 0.204. The Hall–Kier alpha value is -1.44. The van der Waals surface area contributed by atoms with Crippen LogP contribution in [0, 0.1) is 6.92 Å². The van der Waals surface area contributed by atoms with Crippen LogP contribution >= 0.6 is 0 Å². The fourth-order valence-electron chi connectivity index (χ4n) is 2.34. The highest BCUT2D eigenvalue weighted by Gasteiger charge is 2.16. The van der Waals surface area contributed by atoms with Crippen LogP contribution in [0.5, 0.6) is 0 Å². The standard InChI is InChI=1S/C12H22N6O/c1-10-9-11(15-12(14-10)16-13)18-4-2-3-17(5-6-18)7-8-19/h9,19H,2-8,13H2,1H3,(H,14,15,16). The lowest BCUT2D eigenvalue weighted by atomic mass is 10.3. The van der Waals surface area contributed by atoms with Gasteiger partial charge < -0.3 is 10.0 Å². The quantitative estimate of drug-likeness (QED) is 0.503. The van der Waals surface area contributed by atoms with Crippen LogP contribution in [0.2, 0.25) is 0 Å². The number of aromatic nitrogens is 2. The molecule has 7 nitrogen and oxygen atoms in total. The molecule has 0 saturated carbocycles. The van der Waals surface area contributed by atoms with E-state index in [-0.39, 0.29) is 6.61 Å². The summed E-state index contributed by atoms with van der Waals surface area (Å²) in [5, 5.41) is 9.00. The molecule has 19 heavy (non-hydrogen) atoms. The molecule has 0 aliphatic carbocycles. The predicted molar refractivity (Wildman–Crippen MR) is 74.9 cm³/mol. The largest absolute Gasteiger partial charge is 0.395 e. The van der Waals surface area contributed by atoms with Gasteiger partial charge in [-0.1, -0.05) is 0 Å². The molecule has 0 amide bonds. The molecule has 1 aromatic heterocycles. The minimum Gasteiger partial charge on any atom is -0.395 e. The maximum absolute atomic E-state index is 9.00. The maximum atomic E-state index is 9.00. The van der Waals surface area contributed by atoms with Crippen LogP contribution in [-0.4, -0.2) is 59.3 Å². The van der Waals surface area contributed by atoms with Crippen LogP contribution in [0.3, 0.4) is 0 Å². The lowest BCUT2D eigenvalue weighted by Crippen LogP contribution is -2.33. The molecule has 4 N–H and O–H groups in total. The summed E-state index contributed by atoms with van der Waals surface area (Å²) in [7, 11) is 0. The Morgan fingerprint density at radius 3 is 2.89 bits per heavy atom. The van der Waals surface area contributed by atoms with Crippen molar-refractivity contribution >= 4 is 11.8 Å². The molecule has 0 unspecified atom stereocenters. The van der Waals surface area contributed by atoms with Crippen molar-refractivity contribution in [3.05, 3.63) is 11.8 Å². The van der Waals surface area contributed by atoms with Gasteiger partial charge in [0.15, 0.2) is 0 Å². The number of hydrogen-bond acceptors (Lipinski definition) is 7. The van der Waals surface area contributed by atoms with E-state index in [2.05, 4.69) is 25.2 Å². The van der Waals surface area contributed by atoms with E-state index in [4.69, 9.17) is 10.9 Å². The van der Waals surface area contributed by atoms with Gasteiger partial charge >= 0.3 is 0 Å². The molecule has 106 valence electrons. The summed E-state index contributed by atoms with van der Waals surface area (Å²) in [4.78, 5) is 13.1. The van der Waals surface area contributed by atoms with Gasteiger partial charge in [-0.15, -0.1) is 0 Å². The predicted octanol–water partition coefficient (Wildman–Crippen LogP) is -0.425. The number of β-amino-alcohol motifs (C(OH)–C–C–N with tert-alkyl or cyclic N) is 1. The highest BCUT2D eigenvalue weighted by molar-refractivity contribution is 5.44. The first-order valence-corrected chi connectivity index (χ1v) is 6.63. The third-order valence-electron chi connectivity index (χ3n) is 3.30. The molecular formula is C12H22N6O. The van der Waals surface area contributed by atoms with Crippen molar-refractivity contribution in [3.63, 3.8) is 0 Å². The molecule has 2 rings (SSSR count). The van der Waals surface area contributed by atoms with Crippen LogP contribution in [0.25, 0.3) is 0 Å². The molecule has 0 spiro atoms. The van der Waals surface area contributed by atoms with Crippen molar-refractivity contribution < 1.29 is 5.11 Å². The van der Waals surface area contributed by atoms with Crippen molar-refractivity contribution in [2.24, 2.45) is 5.84 Å². The molecule has 1 aromatic rings. The van der Waals surface area contributed by atoms with Crippen LogP contribution in [0.1, 0.15) is 12.1 Å². The first-order chi connectivity index (χ1) is 9.22. The number of nitrogens with zero attached hydrogens (tertiary/aromatic N) is 4. The van der Waals surface area contributed by atoms with Crippen LogP contribution in [0.15, 0.2) is 6.07 Å². The number of aliphatic hydroxyl groups is 1. The van der Waals surface area contributed by atoms with Crippen molar-refractivity contribution in [1.29, 1.82) is 0 Å². The van der Waals surface area contributed by atoms with Crippen molar-refractivity contribution in [2.75, 3.05) is 49.7 Å². The van der Waals surface area contributed by atoms with Crippen LogP contribution in [0.4, 0.5) is 11.8 Å². The Bertz CT molecular complexity index is 413. The van der Waals surface area contributed by atoms with Gasteiger partial charge in [-0.3, -0.25) is 10.3 Å². The minimum absolute atomic E-state index is 0.216. The van der Waals surface area contributed by atoms with Crippen LogP contribution < -0.4 is 16.2 Å². The van der Waals surface area contributed by atoms with E-state index in [1.807, 2.05) is 13.0 Å². The number of anilines is 2. The molecule has 0 bridgehead atoms. The van der Waals surface area contributed by atoms with E-state index in [0.717, 1.165) is 50.7 Å². The SMILES string of the molecule is Cc1cc(N2CCCN(CCO)CC2)nc(NN)n1. The lowest BCUT2D eigenvalue weighted by Gasteiger charge is -2.22. The van der Waals surface area contributed by atoms with E-state index in [1.54, 1.807) is 0 Å². The number of nitrogens with one attached hydrogen (secondary N) is 1. The maximum Gasteiger partial charge on any atom is 0.239 e. The molecule has 7 heteroatoms. The van der Waals surface area contributed by atoms with Crippen LogP contribution in [-0.2, 0) is 0 Å². The number of aryl methyl sites for hydroxylation is 1. The Morgan fingerprint density at radius 1 is 1.32 bits per heavy atom. The summed E-state index contributed by atoms with van der Waals surface area (Å²) in [6, 6.07) is 1.97. The summed E-state index contributed by atoms with van der Waals surface area (Å²) >= 11 is 0. The third-order valence-corrected chi connectivity index (χ3v) is 3.30. The Kier molecular flexibility index (Phi) is 4.89. The minimum atomic E-state index is 0.216. The molecule has 1 aliphatic rings. The smallest absolute Gasteiger partial charge is 0.239 e. The molecule has 1 aliphatic heterocycles. The highest BCUT2D eigenvalue weighted by atomic mass is 16.3. The Morgan fingerprint density at radius 2 is 2.16 bits per heavy atom. The average molecular weight is 266 g/mol. The second-order valence-electron chi connectivity index (χ2n) is 4.74. The zero-order valence-electron chi connectivity index (χ0n) is 11.3. The number of aliphatic hydroxyl groups excluding tert-OH is 1. The molecule has 1 fully saturated rings. The van der Waals surface area contributed by atoms with Crippen molar-refractivity contribution in [1.82, 2.24) is 14.9 Å². The fourth-order valence-corrected chi connectivity index (χ4v) is 2.34. The molecular weight excluding hydrogens is 244 g/mol. The summed E-state index contributed by atoms with van der Waals surface area (Å²) < 4.78 is 0. The van der Waals surface area contributed by atoms with Gasteiger partial charge in [-0.05, 0) is 19.9 Å². The number of rotatable bonds is 4. The van der Waals surface area contributed by atoms with Crippen molar-refractivity contribution in [3.8, 4) is 0 Å². The number of hydrazine groups is 1. The molecule has 0 radical (unpaired) electrons. The highest BCUT2D eigenvalue weighted by Crippen LogP contribution is 2.16. The average Bonchev–Trinajstić information content (AvgIpc) is 2.64. The first-order valence-electron chi connectivity index (χ1n) is 6.63. The van der Waals surface area contributed by atoms with E-state index in [1.165, 1.54) is 0 Å². The molecule has 1 saturated heterocycles.